The minimum atomic E-state index is -0.204. The van der Waals surface area contributed by atoms with Gasteiger partial charge < -0.3 is 10.6 Å². The summed E-state index contributed by atoms with van der Waals surface area (Å²) in [5, 5.41) is 13.2. The van der Waals surface area contributed by atoms with Crippen molar-refractivity contribution in [3.8, 4) is 0 Å². The zero-order valence-electron chi connectivity index (χ0n) is 10.1. The number of nitrogens with one attached hydrogen (secondary N) is 2. The molecule has 0 saturated carbocycles. The molecule has 1 aromatic heterocycles. The molecule has 2 N–H and O–H groups in total. The molecule has 0 radical (unpaired) electrons. The summed E-state index contributed by atoms with van der Waals surface area (Å²) in [6.07, 6.45) is 0. The minimum absolute atomic E-state index is 0.0402. The maximum atomic E-state index is 11.4. The second kappa shape index (κ2) is 5.07. The largest absolute Gasteiger partial charge is 0.350 e. The van der Waals surface area contributed by atoms with Gasteiger partial charge in [0, 0.05) is 12.1 Å². The maximum Gasteiger partial charge on any atom is 0.234 e. The van der Waals surface area contributed by atoms with Gasteiger partial charge in [0.05, 0.1) is 6.54 Å². The number of carbonyl (C=O) groups excluding carboxylic acids is 1. The number of rotatable bonds is 4. The van der Waals surface area contributed by atoms with Crippen molar-refractivity contribution in [2.24, 2.45) is 0 Å². The van der Waals surface area contributed by atoms with E-state index in [2.05, 4.69) is 25.6 Å². The average molecular weight is 226 g/mol. The molecular weight excluding hydrogens is 208 g/mol. The molecule has 0 aliphatic heterocycles. The smallest absolute Gasteiger partial charge is 0.234 e. The quantitative estimate of drug-likeness (QED) is 0.776. The van der Waals surface area contributed by atoms with E-state index in [1.54, 1.807) is 0 Å². The van der Waals surface area contributed by atoms with Crippen molar-refractivity contribution >= 4 is 5.91 Å². The van der Waals surface area contributed by atoms with Crippen LogP contribution in [-0.2, 0) is 11.3 Å². The Morgan fingerprint density at radius 2 is 2.06 bits per heavy atom. The highest BCUT2D eigenvalue weighted by Crippen LogP contribution is 1.99. The van der Waals surface area contributed by atoms with Gasteiger partial charge in [-0.1, -0.05) is 10.3 Å². The maximum absolute atomic E-state index is 11.4. The second-order valence-electron chi connectivity index (χ2n) is 4.70. The third-order valence-corrected chi connectivity index (χ3v) is 1.84. The fraction of sp³-hybridized carbons (Fsp3) is 0.700. The predicted molar refractivity (Wildman–Crippen MR) is 58.6 cm³/mol. The number of carbonyl (C=O) groups is 1. The first-order valence-corrected chi connectivity index (χ1v) is 5.18. The molecule has 16 heavy (non-hydrogen) atoms. The van der Waals surface area contributed by atoms with E-state index >= 15 is 0 Å². The van der Waals surface area contributed by atoms with E-state index in [1.165, 1.54) is 0 Å². The number of aryl methyl sites for hydroxylation is 1. The molecule has 1 heterocycles. The van der Waals surface area contributed by atoms with Crippen LogP contribution in [0.15, 0.2) is 4.63 Å². The molecule has 0 aliphatic carbocycles. The Hall–Kier alpha value is -1.43. The van der Waals surface area contributed by atoms with Gasteiger partial charge in [0.2, 0.25) is 5.91 Å². The van der Waals surface area contributed by atoms with Gasteiger partial charge in [-0.3, -0.25) is 4.79 Å². The molecular formula is C10H18N4O2. The van der Waals surface area contributed by atoms with Crippen LogP contribution < -0.4 is 10.6 Å². The van der Waals surface area contributed by atoms with Crippen LogP contribution in [0.3, 0.4) is 0 Å². The highest BCUT2D eigenvalue weighted by atomic mass is 16.6. The minimum Gasteiger partial charge on any atom is -0.350 e. The van der Waals surface area contributed by atoms with Gasteiger partial charge in [-0.2, -0.15) is 0 Å². The first-order valence-electron chi connectivity index (χ1n) is 5.18. The van der Waals surface area contributed by atoms with Crippen LogP contribution >= 0.6 is 0 Å². The molecule has 0 aliphatic rings. The fourth-order valence-corrected chi connectivity index (χ4v) is 1.17. The average Bonchev–Trinajstić information content (AvgIpc) is 2.48. The number of hydrogen-bond donors (Lipinski definition) is 2. The van der Waals surface area contributed by atoms with Crippen LogP contribution in [0.1, 0.15) is 32.2 Å². The fourth-order valence-electron chi connectivity index (χ4n) is 1.17. The Kier molecular flexibility index (Phi) is 4.00. The van der Waals surface area contributed by atoms with E-state index in [4.69, 9.17) is 0 Å². The predicted octanol–water partition coefficient (Wildman–Crippen LogP) is 0.382. The molecule has 0 spiro atoms. The highest BCUT2D eigenvalue weighted by molar-refractivity contribution is 5.78. The van der Waals surface area contributed by atoms with Crippen molar-refractivity contribution in [2.45, 2.75) is 39.8 Å². The third kappa shape index (κ3) is 4.39. The molecule has 0 bridgehead atoms. The molecule has 0 saturated heterocycles. The zero-order chi connectivity index (χ0) is 12.2. The van der Waals surface area contributed by atoms with Gasteiger partial charge >= 0.3 is 0 Å². The molecule has 0 atom stereocenters. The van der Waals surface area contributed by atoms with Crippen molar-refractivity contribution in [2.75, 3.05) is 6.54 Å². The summed E-state index contributed by atoms with van der Waals surface area (Å²) in [5.41, 5.74) is 1.26. The van der Waals surface area contributed by atoms with Crippen LogP contribution in [0.5, 0.6) is 0 Å². The number of nitrogens with zero attached hydrogens (tertiary/aromatic N) is 2. The first kappa shape index (κ1) is 12.6. The monoisotopic (exact) mass is 226 g/mol. The van der Waals surface area contributed by atoms with Crippen LogP contribution in [0.25, 0.3) is 0 Å². The summed E-state index contributed by atoms with van der Waals surface area (Å²) < 4.78 is 4.54. The summed E-state index contributed by atoms with van der Waals surface area (Å²) in [4.78, 5) is 11.4. The lowest BCUT2D eigenvalue weighted by Crippen LogP contribution is -2.44. The third-order valence-electron chi connectivity index (χ3n) is 1.84. The van der Waals surface area contributed by atoms with Gasteiger partial charge in [-0.15, -0.1) is 0 Å². The summed E-state index contributed by atoms with van der Waals surface area (Å²) in [7, 11) is 0. The standard InChI is InChI=1S/C10H18N4O2/c1-7-8(14-16-13-7)5-11-6-9(15)12-10(2,3)4/h11H,5-6H2,1-4H3,(H,12,15). The van der Waals surface area contributed by atoms with E-state index < -0.39 is 0 Å². The summed E-state index contributed by atoms with van der Waals surface area (Å²) >= 11 is 0. The Labute approximate surface area is 94.7 Å². The Bertz CT molecular complexity index is 354. The normalized spacial score (nSPS) is 11.5. The van der Waals surface area contributed by atoms with Crippen molar-refractivity contribution in [1.29, 1.82) is 0 Å². The highest BCUT2D eigenvalue weighted by Gasteiger charge is 2.13. The van der Waals surface area contributed by atoms with Gasteiger partial charge in [-0.25, -0.2) is 4.63 Å². The van der Waals surface area contributed by atoms with Crippen LogP contribution in [0.2, 0.25) is 0 Å². The van der Waals surface area contributed by atoms with Crippen LogP contribution in [0.4, 0.5) is 0 Å². The molecule has 1 rings (SSSR count). The van der Waals surface area contributed by atoms with Gasteiger partial charge in [-0.05, 0) is 27.7 Å². The molecule has 0 unspecified atom stereocenters. The van der Waals surface area contributed by atoms with Crippen molar-refractivity contribution in [3.63, 3.8) is 0 Å². The van der Waals surface area contributed by atoms with Crippen molar-refractivity contribution in [3.05, 3.63) is 11.4 Å². The lowest BCUT2D eigenvalue weighted by atomic mass is 10.1. The van der Waals surface area contributed by atoms with E-state index in [9.17, 15) is 4.79 Å². The molecule has 0 fully saturated rings. The zero-order valence-corrected chi connectivity index (χ0v) is 10.1. The Morgan fingerprint density at radius 3 is 2.56 bits per heavy atom. The Morgan fingerprint density at radius 1 is 1.38 bits per heavy atom. The lowest BCUT2D eigenvalue weighted by Gasteiger charge is -2.20. The van der Waals surface area contributed by atoms with Crippen molar-refractivity contribution < 1.29 is 9.42 Å². The summed E-state index contributed by atoms with van der Waals surface area (Å²) in [6.45, 7) is 8.36. The van der Waals surface area contributed by atoms with E-state index in [-0.39, 0.29) is 18.0 Å². The molecule has 1 aromatic rings. The van der Waals surface area contributed by atoms with E-state index in [0.717, 1.165) is 11.4 Å². The topological polar surface area (TPSA) is 80.1 Å². The number of aromatic nitrogens is 2. The Balaban J connectivity index is 2.26. The van der Waals surface area contributed by atoms with Crippen LogP contribution in [-0.4, -0.2) is 28.3 Å². The van der Waals surface area contributed by atoms with Gasteiger partial charge in [0.15, 0.2) is 0 Å². The lowest BCUT2D eigenvalue weighted by molar-refractivity contribution is -0.121. The SMILES string of the molecule is Cc1nonc1CNCC(=O)NC(C)(C)C. The molecule has 0 aromatic carbocycles. The summed E-state index contributed by atoms with van der Waals surface area (Å²) in [5.74, 6) is -0.0402. The van der Waals surface area contributed by atoms with E-state index in [1.807, 2.05) is 27.7 Å². The van der Waals surface area contributed by atoms with Gasteiger partial charge in [0.25, 0.3) is 0 Å². The second-order valence-corrected chi connectivity index (χ2v) is 4.70. The molecule has 6 nitrogen and oxygen atoms in total. The van der Waals surface area contributed by atoms with Crippen LogP contribution in [0, 0.1) is 6.92 Å². The van der Waals surface area contributed by atoms with Gasteiger partial charge in [0.1, 0.15) is 11.4 Å². The number of hydrogen-bond acceptors (Lipinski definition) is 5. The molecule has 1 amide bonds. The van der Waals surface area contributed by atoms with Crippen molar-refractivity contribution in [1.82, 2.24) is 20.9 Å². The number of amides is 1. The summed E-state index contributed by atoms with van der Waals surface area (Å²) in [6, 6.07) is 0. The first-order chi connectivity index (χ1) is 7.38. The molecule has 6 heteroatoms. The van der Waals surface area contributed by atoms with E-state index in [0.29, 0.717) is 6.54 Å². The molecule has 90 valence electrons.